The molecule has 1 N–H and O–H groups in total. The van der Waals surface area contributed by atoms with Crippen molar-refractivity contribution in [3.8, 4) is 22.9 Å². The Kier molecular flexibility index (Phi) is 5.60. The minimum atomic E-state index is 0.402. The van der Waals surface area contributed by atoms with Crippen LogP contribution in [0.25, 0.3) is 17.5 Å². The zero-order valence-corrected chi connectivity index (χ0v) is 15.2. The summed E-state index contributed by atoms with van der Waals surface area (Å²) in [6.45, 7) is 0. The number of hydrogen-bond acceptors (Lipinski definition) is 5. The molecule has 26 heavy (non-hydrogen) atoms. The number of H-pyrrole nitrogens is 1. The fourth-order valence-electron chi connectivity index (χ4n) is 2.38. The lowest BCUT2D eigenvalue weighted by Gasteiger charge is -2.08. The van der Waals surface area contributed by atoms with Crippen molar-refractivity contribution in [2.24, 2.45) is 5.10 Å². The van der Waals surface area contributed by atoms with Crippen LogP contribution >= 0.6 is 12.2 Å². The Morgan fingerprint density at radius 1 is 1.08 bits per heavy atom. The number of aromatic amines is 1. The normalized spacial score (nSPS) is 11.3. The molecule has 0 radical (unpaired) electrons. The molecule has 2 aromatic carbocycles. The maximum Gasteiger partial charge on any atom is 0.216 e. The molecule has 0 spiro atoms. The average molecular weight is 366 g/mol. The summed E-state index contributed by atoms with van der Waals surface area (Å²) in [7, 11) is 3.18. The van der Waals surface area contributed by atoms with Crippen LogP contribution in [-0.4, -0.2) is 35.3 Å². The number of methoxy groups -OCH3 is 2. The highest BCUT2D eigenvalue weighted by Gasteiger charge is 2.11. The van der Waals surface area contributed by atoms with E-state index in [2.05, 4.69) is 15.3 Å². The van der Waals surface area contributed by atoms with Crippen LogP contribution in [0.3, 0.4) is 0 Å². The highest BCUT2D eigenvalue weighted by Crippen LogP contribution is 2.31. The van der Waals surface area contributed by atoms with Gasteiger partial charge in [0.2, 0.25) is 4.77 Å². The first kappa shape index (κ1) is 17.6. The molecule has 0 amide bonds. The van der Waals surface area contributed by atoms with Crippen molar-refractivity contribution in [2.75, 3.05) is 14.2 Å². The molecule has 0 fully saturated rings. The zero-order chi connectivity index (χ0) is 18.4. The Labute approximate surface area is 156 Å². The highest BCUT2D eigenvalue weighted by molar-refractivity contribution is 7.71. The highest BCUT2D eigenvalue weighted by atomic mass is 32.1. The van der Waals surface area contributed by atoms with Crippen LogP contribution in [0.1, 0.15) is 5.56 Å². The molecule has 1 aromatic heterocycles. The minimum Gasteiger partial charge on any atom is -0.493 e. The van der Waals surface area contributed by atoms with Gasteiger partial charge in [0.25, 0.3) is 0 Å². The average Bonchev–Trinajstić information content (AvgIpc) is 3.06. The van der Waals surface area contributed by atoms with Crippen molar-refractivity contribution in [2.45, 2.75) is 0 Å². The maximum absolute atomic E-state index is 5.34. The van der Waals surface area contributed by atoms with Gasteiger partial charge in [-0.05, 0) is 42.1 Å². The van der Waals surface area contributed by atoms with E-state index in [1.54, 1.807) is 25.1 Å². The second-order valence-corrected chi connectivity index (χ2v) is 5.65. The maximum atomic E-state index is 5.34. The summed E-state index contributed by atoms with van der Waals surface area (Å²) in [6.07, 6.45) is 5.48. The Balaban J connectivity index is 1.89. The molecule has 0 aliphatic carbocycles. The third-order valence-corrected chi connectivity index (χ3v) is 3.91. The summed E-state index contributed by atoms with van der Waals surface area (Å²) in [5.74, 6) is 1.84. The summed E-state index contributed by atoms with van der Waals surface area (Å²) in [5.41, 5.74) is 1.90. The van der Waals surface area contributed by atoms with Crippen LogP contribution in [0.4, 0.5) is 0 Å². The monoisotopic (exact) mass is 366 g/mol. The molecule has 3 rings (SSSR count). The van der Waals surface area contributed by atoms with Crippen LogP contribution in [-0.2, 0) is 0 Å². The molecule has 0 saturated carbocycles. The van der Waals surface area contributed by atoms with Gasteiger partial charge in [-0.2, -0.15) is 14.9 Å². The largest absolute Gasteiger partial charge is 0.493 e. The number of hydrogen-bond donors (Lipinski definition) is 1. The summed E-state index contributed by atoms with van der Waals surface area (Å²) in [5, 5.41) is 11.4. The van der Waals surface area contributed by atoms with E-state index < -0.39 is 0 Å². The van der Waals surface area contributed by atoms with Gasteiger partial charge in [0.15, 0.2) is 17.3 Å². The SMILES string of the molecule is COc1ccc(-c2n[nH]c(=S)n2N=C/C=C/c2ccccc2)cc1OC. The molecular weight excluding hydrogens is 348 g/mol. The first-order valence-electron chi connectivity index (χ1n) is 7.89. The van der Waals surface area contributed by atoms with Crippen LogP contribution in [0.5, 0.6) is 11.5 Å². The van der Waals surface area contributed by atoms with Gasteiger partial charge in [0.05, 0.1) is 14.2 Å². The minimum absolute atomic E-state index is 0.402. The molecule has 0 aliphatic rings. The molecule has 7 heteroatoms. The lowest BCUT2D eigenvalue weighted by Crippen LogP contribution is -1.96. The van der Waals surface area contributed by atoms with E-state index >= 15 is 0 Å². The number of aromatic nitrogens is 3. The van der Waals surface area contributed by atoms with Crippen molar-refractivity contribution in [3.63, 3.8) is 0 Å². The van der Waals surface area contributed by atoms with Gasteiger partial charge >= 0.3 is 0 Å². The van der Waals surface area contributed by atoms with Crippen molar-refractivity contribution < 1.29 is 9.47 Å². The first-order chi connectivity index (χ1) is 12.7. The predicted octanol–water partition coefficient (Wildman–Crippen LogP) is 4.17. The van der Waals surface area contributed by atoms with Gasteiger partial charge in [-0.25, -0.2) is 5.10 Å². The Bertz CT molecular complexity index is 990. The second kappa shape index (κ2) is 8.26. The number of benzene rings is 2. The van der Waals surface area contributed by atoms with Crippen molar-refractivity contribution in [1.29, 1.82) is 0 Å². The molecule has 3 aromatic rings. The number of allylic oxidation sites excluding steroid dienone is 1. The quantitative estimate of drug-likeness (QED) is 0.525. The fraction of sp³-hybridized carbons (Fsp3) is 0.105. The van der Waals surface area contributed by atoms with E-state index in [1.807, 2.05) is 60.7 Å². The molecule has 132 valence electrons. The fourth-order valence-corrected chi connectivity index (χ4v) is 2.56. The molecule has 0 bridgehead atoms. The van der Waals surface area contributed by atoms with Gasteiger partial charge in [0.1, 0.15) is 0 Å². The Morgan fingerprint density at radius 2 is 1.85 bits per heavy atom. The van der Waals surface area contributed by atoms with E-state index in [1.165, 1.54) is 0 Å². The summed E-state index contributed by atoms with van der Waals surface area (Å²) in [6, 6.07) is 15.5. The smallest absolute Gasteiger partial charge is 0.216 e. The summed E-state index contributed by atoms with van der Waals surface area (Å²) >= 11 is 5.28. The number of rotatable bonds is 6. The van der Waals surface area contributed by atoms with Crippen LogP contribution < -0.4 is 9.47 Å². The summed E-state index contributed by atoms with van der Waals surface area (Å²) < 4.78 is 12.6. The number of nitrogens with zero attached hydrogens (tertiary/aromatic N) is 3. The van der Waals surface area contributed by atoms with Gasteiger partial charge in [-0.1, -0.05) is 36.4 Å². The van der Waals surface area contributed by atoms with E-state index in [0.29, 0.717) is 22.1 Å². The van der Waals surface area contributed by atoms with Crippen molar-refractivity contribution in [1.82, 2.24) is 14.9 Å². The molecule has 0 unspecified atom stereocenters. The van der Waals surface area contributed by atoms with Crippen LogP contribution in [0.2, 0.25) is 0 Å². The molecular formula is C19H18N4O2S. The van der Waals surface area contributed by atoms with E-state index in [-0.39, 0.29) is 0 Å². The number of ether oxygens (including phenoxy) is 2. The van der Waals surface area contributed by atoms with E-state index in [9.17, 15) is 0 Å². The lowest BCUT2D eigenvalue weighted by atomic mass is 10.2. The zero-order valence-electron chi connectivity index (χ0n) is 14.4. The molecule has 0 aliphatic heterocycles. The molecule has 0 saturated heterocycles. The van der Waals surface area contributed by atoms with E-state index in [0.717, 1.165) is 11.1 Å². The Hall–Kier alpha value is -3.19. The van der Waals surface area contributed by atoms with Crippen molar-refractivity contribution in [3.05, 3.63) is 64.9 Å². The lowest BCUT2D eigenvalue weighted by molar-refractivity contribution is 0.355. The van der Waals surface area contributed by atoms with Crippen LogP contribution in [0.15, 0.2) is 59.7 Å². The number of nitrogens with one attached hydrogen (secondary N) is 1. The molecule has 0 atom stereocenters. The van der Waals surface area contributed by atoms with Gasteiger partial charge in [-0.3, -0.25) is 0 Å². The topological polar surface area (TPSA) is 64.4 Å². The van der Waals surface area contributed by atoms with E-state index in [4.69, 9.17) is 21.7 Å². The van der Waals surface area contributed by atoms with Gasteiger partial charge in [-0.15, -0.1) is 0 Å². The van der Waals surface area contributed by atoms with Crippen molar-refractivity contribution >= 4 is 24.5 Å². The third kappa shape index (κ3) is 3.89. The second-order valence-electron chi connectivity index (χ2n) is 5.27. The van der Waals surface area contributed by atoms with Gasteiger partial charge in [0, 0.05) is 11.8 Å². The summed E-state index contributed by atoms with van der Waals surface area (Å²) in [4.78, 5) is 0. The molecule has 6 nitrogen and oxygen atoms in total. The van der Waals surface area contributed by atoms with Gasteiger partial charge < -0.3 is 9.47 Å². The standard InChI is InChI=1S/C19H18N4O2S/c1-24-16-11-10-15(13-17(16)25-2)18-21-22-19(26)23(18)20-12-6-9-14-7-4-3-5-8-14/h3-13H,1-2H3,(H,22,26)/b9-6+,20-12?. The molecule has 1 heterocycles. The first-order valence-corrected chi connectivity index (χ1v) is 8.29. The van der Waals surface area contributed by atoms with Crippen LogP contribution in [0, 0.1) is 4.77 Å². The third-order valence-electron chi connectivity index (χ3n) is 3.65. The Morgan fingerprint density at radius 3 is 2.58 bits per heavy atom. The predicted molar refractivity (Wildman–Crippen MR) is 105 cm³/mol.